The Morgan fingerprint density at radius 2 is 1.56 bits per heavy atom. The van der Waals surface area contributed by atoms with Gasteiger partial charge in [0.15, 0.2) is 0 Å². The van der Waals surface area contributed by atoms with Crippen LogP contribution in [0.4, 0.5) is 0 Å². The molecule has 3 heterocycles. The minimum absolute atomic E-state index is 0.416. The maximum Gasteiger partial charge on any atom is 0.334 e. The third-order valence-corrected chi connectivity index (χ3v) is 1.89. The van der Waals surface area contributed by atoms with E-state index in [0.717, 1.165) is 0 Å². The van der Waals surface area contributed by atoms with Crippen LogP contribution in [-0.2, 0) is 14.2 Å². The van der Waals surface area contributed by atoms with Gasteiger partial charge in [0.2, 0.25) is 0 Å². The summed E-state index contributed by atoms with van der Waals surface area (Å²) in [5, 5.41) is -1.02. The van der Waals surface area contributed by atoms with Gasteiger partial charge in [-0.1, -0.05) is 12.6 Å². The molecule has 0 atom stereocenters. The molecule has 0 aromatic carbocycles. The van der Waals surface area contributed by atoms with Gasteiger partial charge in [0.25, 0.3) is 0 Å². The number of hydrogen-bond donors (Lipinski definition) is 1. The molecule has 3 nitrogen and oxygen atoms in total. The molecule has 4 heteroatoms. The molecule has 0 unspecified atom stereocenters. The summed E-state index contributed by atoms with van der Waals surface area (Å²) in [5.41, 5.74) is 0. The summed E-state index contributed by atoms with van der Waals surface area (Å²) in [4.78, 5) is 0. The lowest BCUT2D eigenvalue weighted by Gasteiger charge is -2.41. The van der Waals surface area contributed by atoms with E-state index in [-0.39, 0.29) is 0 Å². The molecule has 3 fully saturated rings. The highest BCUT2D eigenvalue weighted by Crippen LogP contribution is 2.32. The lowest BCUT2D eigenvalue weighted by atomic mass is 10.2. The Hall–Kier alpha value is 0.230. The van der Waals surface area contributed by atoms with Crippen LogP contribution in [0.15, 0.2) is 0 Å². The smallest absolute Gasteiger partial charge is 0.318 e. The zero-order valence-electron chi connectivity index (χ0n) is 4.87. The zero-order valence-corrected chi connectivity index (χ0v) is 5.77. The third-order valence-electron chi connectivity index (χ3n) is 1.50. The topological polar surface area (TPSA) is 27.7 Å². The van der Waals surface area contributed by atoms with Crippen LogP contribution in [0.1, 0.15) is 0 Å². The van der Waals surface area contributed by atoms with Crippen molar-refractivity contribution in [1.29, 1.82) is 0 Å². The van der Waals surface area contributed by atoms with E-state index in [2.05, 4.69) is 12.6 Å². The first-order valence-electron chi connectivity index (χ1n) is 2.93. The van der Waals surface area contributed by atoms with Gasteiger partial charge < -0.3 is 14.2 Å². The number of rotatable bonds is 0. The molecule has 0 saturated carbocycles. The molecular formula is C5H8O3S. The van der Waals surface area contributed by atoms with Gasteiger partial charge in [-0.2, -0.15) is 0 Å². The van der Waals surface area contributed by atoms with Crippen molar-refractivity contribution >= 4 is 12.6 Å². The Balaban J connectivity index is 2.11. The average molecular weight is 148 g/mol. The molecule has 0 N–H and O–H groups in total. The fourth-order valence-electron chi connectivity index (χ4n) is 0.939. The highest BCUT2D eigenvalue weighted by Gasteiger charge is 2.41. The van der Waals surface area contributed by atoms with Crippen LogP contribution in [0.3, 0.4) is 0 Å². The van der Waals surface area contributed by atoms with Crippen molar-refractivity contribution in [3.05, 3.63) is 0 Å². The summed E-state index contributed by atoms with van der Waals surface area (Å²) < 4.78 is 15.3. The fraction of sp³-hybridized carbons (Fsp3) is 1.00. The van der Waals surface area contributed by atoms with E-state index in [1.807, 2.05) is 0 Å². The molecular weight excluding hydrogens is 140 g/mol. The van der Waals surface area contributed by atoms with E-state index in [0.29, 0.717) is 25.7 Å². The first-order valence-corrected chi connectivity index (χ1v) is 3.37. The van der Waals surface area contributed by atoms with Crippen LogP contribution >= 0.6 is 12.6 Å². The van der Waals surface area contributed by atoms with E-state index in [1.165, 1.54) is 0 Å². The number of ether oxygens (including phenoxy) is 3. The normalized spacial score (nSPS) is 49.7. The van der Waals surface area contributed by atoms with E-state index >= 15 is 0 Å². The van der Waals surface area contributed by atoms with Gasteiger partial charge in [-0.25, -0.2) is 0 Å². The molecule has 0 radical (unpaired) electrons. The standard InChI is InChI=1S/C5H8O3S/c9-5-6-1-4(2-7-5)3-8-5/h4,9H,1-3H2. The summed E-state index contributed by atoms with van der Waals surface area (Å²) in [5.74, 6) is 0.416. The first kappa shape index (κ1) is 5.97. The van der Waals surface area contributed by atoms with Crippen LogP contribution < -0.4 is 0 Å². The lowest BCUT2D eigenvalue weighted by molar-refractivity contribution is -0.393. The Morgan fingerprint density at radius 1 is 1.11 bits per heavy atom. The molecule has 0 amide bonds. The molecule has 0 aromatic rings. The Labute approximate surface area is 58.7 Å². The van der Waals surface area contributed by atoms with Gasteiger partial charge in [-0.15, -0.1) is 0 Å². The second-order valence-corrected chi connectivity index (χ2v) is 2.87. The number of thiol groups is 1. The van der Waals surface area contributed by atoms with Crippen molar-refractivity contribution in [3.63, 3.8) is 0 Å². The summed E-state index contributed by atoms with van der Waals surface area (Å²) >= 11 is 4.02. The van der Waals surface area contributed by atoms with Crippen LogP contribution in [0, 0.1) is 5.92 Å². The van der Waals surface area contributed by atoms with E-state index in [4.69, 9.17) is 14.2 Å². The van der Waals surface area contributed by atoms with E-state index < -0.39 is 5.31 Å². The Morgan fingerprint density at radius 3 is 1.78 bits per heavy atom. The predicted molar refractivity (Wildman–Crippen MR) is 33.1 cm³/mol. The second kappa shape index (κ2) is 1.85. The fourth-order valence-corrected chi connectivity index (χ4v) is 1.16. The molecule has 0 aromatic heterocycles. The van der Waals surface area contributed by atoms with Crippen LogP contribution in [-0.4, -0.2) is 25.1 Å². The monoisotopic (exact) mass is 148 g/mol. The molecule has 3 rings (SSSR count). The lowest BCUT2D eigenvalue weighted by Crippen LogP contribution is -2.50. The summed E-state index contributed by atoms with van der Waals surface area (Å²) in [7, 11) is 0. The summed E-state index contributed by atoms with van der Waals surface area (Å²) in [6, 6.07) is 0. The molecule has 2 bridgehead atoms. The molecule has 3 aliphatic heterocycles. The molecule has 3 saturated heterocycles. The van der Waals surface area contributed by atoms with Gasteiger partial charge in [0.1, 0.15) is 0 Å². The third kappa shape index (κ3) is 0.961. The molecule has 9 heavy (non-hydrogen) atoms. The highest BCUT2D eigenvalue weighted by atomic mass is 32.1. The van der Waals surface area contributed by atoms with Gasteiger partial charge in [-0.05, 0) is 0 Å². The molecule has 0 aliphatic carbocycles. The minimum atomic E-state index is -1.02. The average Bonchev–Trinajstić information content (AvgIpc) is 1.90. The van der Waals surface area contributed by atoms with Crippen molar-refractivity contribution in [2.75, 3.05) is 19.8 Å². The van der Waals surface area contributed by atoms with Gasteiger partial charge in [0.05, 0.1) is 19.8 Å². The van der Waals surface area contributed by atoms with E-state index in [1.54, 1.807) is 0 Å². The second-order valence-electron chi connectivity index (χ2n) is 2.32. The quantitative estimate of drug-likeness (QED) is 0.498. The minimum Gasteiger partial charge on any atom is -0.318 e. The van der Waals surface area contributed by atoms with Crippen LogP contribution in [0.2, 0.25) is 0 Å². The molecule has 52 valence electrons. The maximum atomic E-state index is 5.08. The zero-order chi connectivity index (χ0) is 6.32. The van der Waals surface area contributed by atoms with Gasteiger partial charge >= 0.3 is 5.31 Å². The van der Waals surface area contributed by atoms with Crippen LogP contribution in [0.5, 0.6) is 0 Å². The number of fused-ring (bicyclic) bond motifs is 3. The molecule has 0 spiro atoms. The SMILES string of the molecule is SC12OCC(CO1)CO2. The summed E-state index contributed by atoms with van der Waals surface area (Å²) in [6.45, 7) is 2.14. The van der Waals surface area contributed by atoms with Crippen molar-refractivity contribution in [2.24, 2.45) is 5.92 Å². The maximum absolute atomic E-state index is 5.08. The Bertz CT molecular complexity index is 106. The van der Waals surface area contributed by atoms with E-state index in [9.17, 15) is 0 Å². The predicted octanol–water partition coefficient (Wildman–Crippen LogP) is 0.221. The highest BCUT2D eigenvalue weighted by molar-refractivity contribution is 7.81. The van der Waals surface area contributed by atoms with Crippen molar-refractivity contribution < 1.29 is 14.2 Å². The first-order chi connectivity index (χ1) is 4.29. The summed E-state index contributed by atoms with van der Waals surface area (Å²) in [6.07, 6.45) is 0. The van der Waals surface area contributed by atoms with Gasteiger partial charge in [0, 0.05) is 5.92 Å². The van der Waals surface area contributed by atoms with Crippen molar-refractivity contribution in [1.82, 2.24) is 0 Å². The van der Waals surface area contributed by atoms with Crippen molar-refractivity contribution in [2.45, 2.75) is 5.31 Å². The number of hydrogen-bond acceptors (Lipinski definition) is 4. The molecule has 3 aliphatic rings. The largest absolute Gasteiger partial charge is 0.334 e. The van der Waals surface area contributed by atoms with Gasteiger partial charge in [-0.3, -0.25) is 0 Å². The van der Waals surface area contributed by atoms with Crippen molar-refractivity contribution in [3.8, 4) is 0 Å². The Kier molecular flexibility index (Phi) is 1.23. The van der Waals surface area contributed by atoms with Crippen LogP contribution in [0.25, 0.3) is 0 Å².